The first kappa shape index (κ1) is 13.9. The summed E-state index contributed by atoms with van der Waals surface area (Å²) >= 11 is 7.52. The van der Waals surface area contributed by atoms with E-state index in [9.17, 15) is 0 Å². The van der Waals surface area contributed by atoms with Crippen molar-refractivity contribution in [1.29, 1.82) is 0 Å². The monoisotopic (exact) mass is 293 g/mol. The van der Waals surface area contributed by atoms with Crippen LogP contribution in [0.3, 0.4) is 0 Å². The Morgan fingerprint density at radius 2 is 2.37 bits per heavy atom. The summed E-state index contributed by atoms with van der Waals surface area (Å²) in [5, 5.41) is 7.61. The molecule has 1 heterocycles. The minimum atomic E-state index is 0.481. The first-order valence-corrected chi connectivity index (χ1v) is 6.98. The quantitative estimate of drug-likeness (QED) is 0.504. The minimum Gasteiger partial charge on any atom is -0.338 e. The van der Waals surface area contributed by atoms with Crippen molar-refractivity contribution in [1.82, 2.24) is 15.5 Å². The van der Waals surface area contributed by atoms with Crippen molar-refractivity contribution in [3.63, 3.8) is 0 Å². The van der Waals surface area contributed by atoms with Gasteiger partial charge < -0.3 is 4.52 Å². The van der Waals surface area contributed by atoms with E-state index in [2.05, 4.69) is 21.4 Å². The standard InChI is InChI=1S/C13H12ClN3OS/c1-2-6-15-8-13-16-12(17-18-13)9-19-11-5-3-4-10(14)7-11/h1,3-5,7,15H,6,8-9H2. The van der Waals surface area contributed by atoms with E-state index < -0.39 is 0 Å². The maximum atomic E-state index is 5.91. The fourth-order valence-electron chi connectivity index (χ4n) is 1.37. The Morgan fingerprint density at radius 3 is 3.16 bits per heavy atom. The van der Waals surface area contributed by atoms with Gasteiger partial charge in [-0.1, -0.05) is 28.7 Å². The van der Waals surface area contributed by atoms with Crippen LogP contribution in [0.4, 0.5) is 0 Å². The summed E-state index contributed by atoms with van der Waals surface area (Å²) in [6.45, 7) is 0.966. The molecule has 0 aliphatic heterocycles. The number of rotatable bonds is 6. The molecule has 0 bridgehead atoms. The number of nitrogens with one attached hydrogen (secondary N) is 1. The van der Waals surface area contributed by atoms with E-state index in [1.807, 2.05) is 24.3 Å². The molecule has 0 amide bonds. The zero-order chi connectivity index (χ0) is 13.5. The molecule has 1 N–H and O–H groups in total. The lowest BCUT2D eigenvalue weighted by Gasteiger charge is -1.98. The third-order valence-corrected chi connectivity index (χ3v) is 3.40. The van der Waals surface area contributed by atoms with Crippen molar-refractivity contribution < 1.29 is 4.52 Å². The molecule has 2 rings (SSSR count). The van der Waals surface area contributed by atoms with Gasteiger partial charge in [-0.15, -0.1) is 18.2 Å². The lowest BCUT2D eigenvalue weighted by molar-refractivity contribution is 0.366. The van der Waals surface area contributed by atoms with Crippen LogP contribution in [0.1, 0.15) is 11.7 Å². The van der Waals surface area contributed by atoms with E-state index in [0.717, 1.165) is 9.92 Å². The molecule has 6 heteroatoms. The predicted molar refractivity (Wildman–Crippen MR) is 75.9 cm³/mol. The van der Waals surface area contributed by atoms with Crippen LogP contribution in [0.2, 0.25) is 5.02 Å². The number of aromatic nitrogens is 2. The molecule has 2 aromatic rings. The van der Waals surface area contributed by atoms with Crippen LogP contribution in [0.5, 0.6) is 0 Å². The zero-order valence-corrected chi connectivity index (χ0v) is 11.7. The summed E-state index contributed by atoms with van der Waals surface area (Å²) in [5.41, 5.74) is 0. The molecule has 0 spiro atoms. The molecule has 0 aliphatic carbocycles. The van der Waals surface area contributed by atoms with Crippen LogP contribution in [-0.2, 0) is 12.3 Å². The Bertz CT molecular complexity index is 579. The highest BCUT2D eigenvalue weighted by molar-refractivity contribution is 7.98. The normalized spacial score (nSPS) is 10.3. The van der Waals surface area contributed by atoms with E-state index >= 15 is 0 Å². The summed E-state index contributed by atoms with van der Waals surface area (Å²) in [6, 6.07) is 7.65. The van der Waals surface area contributed by atoms with Gasteiger partial charge in [0.1, 0.15) is 0 Å². The van der Waals surface area contributed by atoms with Crippen molar-refractivity contribution in [3.05, 3.63) is 41.0 Å². The molecule has 0 radical (unpaired) electrons. The highest BCUT2D eigenvalue weighted by Gasteiger charge is 2.06. The minimum absolute atomic E-state index is 0.481. The van der Waals surface area contributed by atoms with Crippen molar-refractivity contribution in [3.8, 4) is 12.3 Å². The highest BCUT2D eigenvalue weighted by Crippen LogP contribution is 2.24. The second-order valence-electron chi connectivity index (χ2n) is 3.66. The van der Waals surface area contributed by atoms with E-state index in [1.165, 1.54) is 0 Å². The zero-order valence-electron chi connectivity index (χ0n) is 10.1. The predicted octanol–water partition coefficient (Wildman–Crippen LogP) is 2.74. The van der Waals surface area contributed by atoms with E-state index in [4.69, 9.17) is 22.5 Å². The first-order chi connectivity index (χ1) is 9.28. The average molecular weight is 294 g/mol. The largest absolute Gasteiger partial charge is 0.338 e. The lowest BCUT2D eigenvalue weighted by Crippen LogP contribution is -2.13. The topological polar surface area (TPSA) is 51.0 Å². The van der Waals surface area contributed by atoms with Gasteiger partial charge in [0.2, 0.25) is 5.89 Å². The smallest absolute Gasteiger partial charge is 0.240 e. The van der Waals surface area contributed by atoms with Crippen LogP contribution in [0.25, 0.3) is 0 Å². The maximum Gasteiger partial charge on any atom is 0.240 e. The van der Waals surface area contributed by atoms with Gasteiger partial charge in [-0.05, 0) is 18.2 Å². The summed E-state index contributed by atoms with van der Waals surface area (Å²) in [6.07, 6.45) is 5.13. The van der Waals surface area contributed by atoms with Gasteiger partial charge >= 0.3 is 0 Å². The van der Waals surface area contributed by atoms with Crippen molar-refractivity contribution in [2.75, 3.05) is 6.54 Å². The Balaban J connectivity index is 1.85. The molecular formula is C13H12ClN3OS. The fraction of sp³-hybridized carbons (Fsp3) is 0.231. The van der Waals surface area contributed by atoms with Gasteiger partial charge in [0.25, 0.3) is 0 Å². The summed E-state index contributed by atoms with van der Waals surface area (Å²) in [4.78, 5) is 5.33. The van der Waals surface area contributed by atoms with Crippen LogP contribution >= 0.6 is 23.4 Å². The van der Waals surface area contributed by atoms with Crippen molar-refractivity contribution >= 4 is 23.4 Å². The average Bonchev–Trinajstić information content (AvgIpc) is 2.85. The van der Waals surface area contributed by atoms with Crippen molar-refractivity contribution in [2.24, 2.45) is 0 Å². The number of thioether (sulfide) groups is 1. The number of hydrogen-bond acceptors (Lipinski definition) is 5. The van der Waals surface area contributed by atoms with Crippen LogP contribution in [0.15, 0.2) is 33.7 Å². The molecule has 4 nitrogen and oxygen atoms in total. The summed E-state index contributed by atoms with van der Waals surface area (Å²) < 4.78 is 5.09. The number of benzene rings is 1. The van der Waals surface area contributed by atoms with Gasteiger partial charge in [0, 0.05) is 9.92 Å². The molecule has 0 unspecified atom stereocenters. The van der Waals surface area contributed by atoms with Gasteiger partial charge in [-0.2, -0.15) is 4.98 Å². The van der Waals surface area contributed by atoms with Gasteiger partial charge in [0.05, 0.1) is 18.8 Å². The first-order valence-electron chi connectivity index (χ1n) is 5.62. The number of nitrogens with zero attached hydrogens (tertiary/aromatic N) is 2. The Labute approximate surface area is 120 Å². The summed E-state index contributed by atoms with van der Waals surface area (Å²) in [7, 11) is 0. The van der Waals surface area contributed by atoms with Crippen LogP contribution in [-0.4, -0.2) is 16.7 Å². The Kier molecular flexibility index (Phi) is 5.28. The molecule has 0 atom stereocenters. The number of terminal acetylenes is 1. The Hall–Kier alpha value is -1.48. The molecule has 19 heavy (non-hydrogen) atoms. The molecule has 0 saturated carbocycles. The fourth-order valence-corrected chi connectivity index (χ4v) is 2.42. The molecule has 0 saturated heterocycles. The highest BCUT2D eigenvalue weighted by atomic mass is 35.5. The maximum absolute atomic E-state index is 5.91. The second-order valence-corrected chi connectivity index (χ2v) is 5.14. The third kappa shape index (κ3) is 4.60. The van der Waals surface area contributed by atoms with Crippen molar-refractivity contribution in [2.45, 2.75) is 17.2 Å². The number of hydrogen-bond donors (Lipinski definition) is 1. The molecule has 0 fully saturated rings. The molecule has 1 aromatic carbocycles. The van der Waals surface area contributed by atoms with E-state index in [1.54, 1.807) is 11.8 Å². The number of halogens is 1. The van der Waals surface area contributed by atoms with E-state index in [-0.39, 0.29) is 0 Å². The van der Waals surface area contributed by atoms with Crippen LogP contribution in [0, 0.1) is 12.3 Å². The second kappa shape index (κ2) is 7.19. The molecule has 1 aromatic heterocycles. The molecule has 0 aliphatic rings. The van der Waals surface area contributed by atoms with Gasteiger partial charge in [-0.25, -0.2) is 0 Å². The van der Waals surface area contributed by atoms with Gasteiger partial charge in [-0.3, -0.25) is 5.32 Å². The SMILES string of the molecule is C#CCNCc1nc(CSc2cccc(Cl)c2)no1. The molecular weight excluding hydrogens is 282 g/mol. The van der Waals surface area contributed by atoms with E-state index in [0.29, 0.717) is 30.6 Å². The molecule has 98 valence electrons. The van der Waals surface area contributed by atoms with Gasteiger partial charge in [0.15, 0.2) is 5.82 Å². The Morgan fingerprint density at radius 1 is 1.47 bits per heavy atom. The van der Waals surface area contributed by atoms with Crippen LogP contribution < -0.4 is 5.32 Å². The summed E-state index contributed by atoms with van der Waals surface area (Å²) in [5.74, 6) is 4.31. The third-order valence-electron chi connectivity index (χ3n) is 2.18. The lowest BCUT2D eigenvalue weighted by atomic mass is 10.4.